The van der Waals surface area contributed by atoms with Crippen molar-refractivity contribution in [2.24, 2.45) is 0 Å². The van der Waals surface area contributed by atoms with Crippen LogP contribution in [0.3, 0.4) is 0 Å². The zero-order chi connectivity index (χ0) is 24.1. The lowest BCUT2D eigenvalue weighted by Gasteiger charge is -2.20. The molecular formula is C24H22F3N4OP. The lowest BCUT2D eigenvalue weighted by atomic mass is 9.88. The molecule has 0 radical (unpaired) electrons. The van der Waals surface area contributed by atoms with Gasteiger partial charge in [0.1, 0.15) is 13.0 Å². The Hall–Kier alpha value is -3.25. The van der Waals surface area contributed by atoms with Gasteiger partial charge in [-0.2, -0.15) is 0 Å². The van der Waals surface area contributed by atoms with Gasteiger partial charge in [0, 0.05) is 57.8 Å². The molecule has 0 fully saturated rings. The number of anilines is 1. The Labute approximate surface area is 189 Å². The average molecular weight is 470 g/mol. The summed E-state index contributed by atoms with van der Waals surface area (Å²) in [4.78, 5) is 12.7. The Kier molecular flexibility index (Phi) is 5.74. The maximum atomic E-state index is 14.9. The van der Waals surface area contributed by atoms with Crippen LogP contribution in [0.15, 0.2) is 42.7 Å². The van der Waals surface area contributed by atoms with Crippen molar-refractivity contribution in [2.45, 2.75) is 19.8 Å². The summed E-state index contributed by atoms with van der Waals surface area (Å²) in [5, 5.41) is 0.469. The van der Waals surface area contributed by atoms with Crippen LogP contribution in [0.5, 0.6) is 0 Å². The van der Waals surface area contributed by atoms with Crippen molar-refractivity contribution in [2.75, 3.05) is 19.1 Å². The molecule has 1 unspecified atom stereocenters. The predicted octanol–water partition coefficient (Wildman–Crippen LogP) is 5.40. The molecule has 0 bridgehead atoms. The molecule has 0 spiro atoms. The first kappa shape index (κ1) is 22.9. The fourth-order valence-corrected chi connectivity index (χ4v) is 4.64. The Morgan fingerprint density at radius 3 is 2.33 bits per heavy atom. The minimum absolute atomic E-state index is 0.154. The van der Waals surface area contributed by atoms with Crippen LogP contribution in [0.25, 0.3) is 22.0 Å². The lowest BCUT2D eigenvalue weighted by molar-refractivity contribution is 0.496. The van der Waals surface area contributed by atoms with E-state index in [4.69, 9.17) is 5.73 Å². The van der Waals surface area contributed by atoms with E-state index >= 15 is 0 Å². The van der Waals surface area contributed by atoms with Gasteiger partial charge in [0.15, 0.2) is 17.2 Å². The van der Waals surface area contributed by atoms with E-state index in [0.29, 0.717) is 33.4 Å². The van der Waals surface area contributed by atoms with Crippen LogP contribution >= 0.6 is 7.14 Å². The highest BCUT2D eigenvalue weighted by Gasteiger charge is 2.23. The van der Waals surface area contributed by atoms with Crippen LogP contribution in [0.1, 0.15) is 29.7 Å². The van der Waals surface area contributed by atoms with Crippen molar-refractivity contribution >= 4 is 29.3 Å². The average Bonchev–Trinajstić information content (AvgIpc) is 2.74. The number of pyridine rings is 1. The lowest BCUT2D eigenvalue weighted by Crippen LogP contribution is -2.12. The third-order valence-corrected chi connectivity index (χ3v) is 6.85. The molecule has 5 nitrogen and oxygen atoms in total. The SMILES string of the molecule is Cc1nc2cc(F)c(-c3cnc(P(C)(C)=O)nc3)cc2c(N)c1C(C)c1cccc(F)c1F. The molecule has 33 heavy (non-hydrogen) atoms. The number of benzene rings is 2. The van der Waals surface area contributed by atoms with Gasteiger partial charge in [-0.15, -0.1) is 0 Å². The van der Waals surface area contributed by atoms with E-state index in [9.17, 15) is 17.7 Å². The molecule has 1 atom stereocenters. The molecule has 2 N–H and O–H groups in total. The van der Waals surface area contributed by atoms with Crippen LogP contribution in [-0.2, 0) is 4.57 Å². The molecule has 170 valence electrons. The van der Waals surface area contributed by atoms with E-state index < -0.39 is 30.5 Å². The van der Waals surface area contributed by atoms with Crippen LogP contribution in [-0.4, -0.2) is 28.3 Å². The van der Waals surface area contributed by atoms with Gasteiger partial charge in [-0.3, -0.25) is 4.98 Å². The van der Waals surface area contributed by atoms with E-state index in [0.717, 1.165) is 6.07 Å². The van der Waals surface area contributed by atoms with Gasteiger partial charge < -0.3 is 10.3 Å². The fourth-order valence-electron chi connectivity index (χ4n) is 3.97. The number of hydrogen-bond acceptors (Lipinski definition) is 5. The first-order chi connectivity index (χ1) is 15.5. The molecule has 0 aliphatic carbocycles. The predicted molar refractivity (Wildman–Crippen MR) is 125 cm³/mol. The molecule has 0 saturated carbocycles. The quantitative estimate of drug-likeness (QED) is 0.404. The molecule has 0 amide bonds. The summed E-state index contributed by atoms with van der Waals surface area (Å²) in [6.45, 7) is 6.52. The third-order valence-electron chi connectivity index (χ3n) is 5.66. The summed E-state index contributed by atoms with van der Waals surface area (Å²) < 4.78 is 55.4. The summed E-state index contributed by atoms with van der Waals surface area (Å²) in [5.74, 6) is -3.01. The number of rotatable bonds is 4. The number of nitrogens with zero attached hydrogens (tertiary/aromatic N) is 3. The Balaban J connectivity index is 1.88. The van der Waals surface area contributed by atoms with Gasteiger partial charge in [0.05, 0.1) is 5.52 Å². The second-order valence-electron chi connectivity index (χ2n) is 8.36. The van der Waals surface area contributed by atoms with Crippen LogP contribution < -0.4 is 11.3 Å². The van der Waals surface area contributed by atoms with Gasteiger partial charge in [-0.05, 0) is 37.9 Å². The maximum absolute atomic E-state index is 14.9. The zero-order valence-corrected chi connectivity index (χ0v) is 19.4. The third kappa shape index (κ3) is 4.11. The highest BCUT2D eigenvalue weighted by molar-refractivity contribution is 7.69. The number of nitrogen functional groups attached to an aromatic ring is 1. The standard InChI is InChI=1S/C24H22F3N4OP/c1-12(15-6-5-7-18(25)22(15)27)21-13(2)31-20-9-19(26)16(8-17(20)23(21)28)14-10-29-24(30-11-14)33(3,4)32/h5-12H,1-4H3,(H2,28,31). The van der Waals surface area contributed by atoms with Gasteiger partial charge in [0.25, 0.3) is 0 Å². The number of halogens is 3. The molecule has 4 rings (SSSR count). The van der Waals surface area contributed by atoms with E-state index in [1.807, 2.05) is 0 Å². The van der Waals surface area contributed by atoms with Gasteiger partial charge >= 0.3 is 0 Å². The molecule has 0 saturated heterocycles. The van der Waals surface area contributed by atoms with Crippen molar-refractivity contribution in [3.8, 4) is 11.1 Å². The fraction of sp³-hybridized carbons (Fsp3) is 0.208. The van der Waals surface area contributed by atoms with Crippen molar-refractivity contribution in [3.63, 3.8) is 0 Å². The molecule has 2 aromatic heterocycles. The summed E-state index contributed by atoms with van der Waals surface area (Å²) >= 11 is 0. The number of aryl methyl sites for hydroxylation is 1. The number of fused-ring (bicyclic) bond motifs is 1. The van der Waals surface area contributed by atoms with Gasteiger partial charge in [0.2, 0.25) is 0 Å². The number of aromatic nitrogens is 3. The van der Waals surface area contributed by atoms with E-state index in [1.165, 1.54) is 30.6 Å². The Bertz CT molecular complexity index is 1430. The van der Waals surface area contributed by atoms with Gasteiger partial charge in [-0.25, -0.2) is 23.1 Å². The summed E-state index contributed by atoms with van der Waals surface area (Å²) in [6.07, 6.45) is 2.82. The Morgan fingerprint density at radius 2 is 1.70 bits per heavy atom. The summed E-state index contributed by atoms with van der Waals surface area (Å²) in [5.41, 5.74) is 9.10. The molecular weight excluding hydrogens is 448 g/mol. The van der Waals surface area contributed by atoms with Crippen LogP contribution in [0.4, 0.5) is 18.9 Å². The molecule has 0 aliphatic rings. The smallest absolute Gasteiger partial charge is 0.188 e. The summed E-state index contributed by atoms with van der Waals surface area (Å²) in [7, 11) is -2.65. The minimum Gasteiger partial charge on any atom is -0.398 e. The highest BCUT2D eigenvalue weighted by atomic mass is 31.2. The molecule has 0 aliphatic heterocycles. The van der Waals surface area contributed by atoms with Gasteiger partial charge in [-0.1, -0.05) is 19.1 Å². The van der Waals surface area contributed by atoms with Crippen molar-refractivity contribution in [1.82, 2.24) is 15.0 Å². The van der Waals surface area contributed by atoms with Crippen LogP contribution in [0.2, 0.25) is 0 Å². The second kappa shape index (κ2) is 8.27. The zero-order valence-electron chi connectivity index (χ0n) is 18.5. The number of nitrogens with two attached hydrogens (primary N) is 1. The van der Waals surface area contributed by atoms with Crippen molar-refractivity contribution in [3.05, 3.63) is 77.0 Å². The molecule has 9 heteroatoms. The molecule has 4 aromatic rings. The summed E-state index contributed by atoms with van der Waals surface area (Å²) in [6, 6.07) is 6.80. The monoisotopic (exact) mass is 470 g/mol. The van der Waals surface area contributed by atoms with E-state index in [1.54, 1.807) is 33.2 Å². The van der Waals surface area contributed by atoms with Crippen molar-refractivity contribution < 1.29 is 17.7 Å². The highest BCUT2D eigenvalue weighted by Crippen LogP contribution is 2.38. The van der Waals surface area contributed by atoms with E-state index in [-0.39, 0.29) is 16.7 Å². The normalized spacial score (nSPS) is 12.8. The first-order valence-corrected chi connectivity index (χ1v) is 12.8. The first-order valence-electron chi connectivity index (χ1n) is 10.2. The molecule has 2 aromatic carbocycles. The van der Waals surface area contributed by atoms with E-state index in [2.05, 4.69) is 15.0 Å². The Morgan fingerprint density at radius 1 is 1.03 bits per heavy atom. The largest absolute Gasteiger partial charge is 0.398 e. The topological polar surface area (TPSA) is 81.8 Å². The maximum Gasteiger partial charge on any atom is 0.188 e. The minimum atomic E-state index is -2.65. The van der Waals surface area contributed by atoms with Crippen molar-refractivity contribution in [1.29, 1.82) is 0 Å². The molecule has 2 heterocycles. The number of hydrogen-bond donors (Lipinski definition) is 1. The van der Waals surface area contributed by atoms with Crippen LogP contribution in [0, 0.1) is 24.4 Å². The second-order valence-corrected chi connectivity index (χ2v) is 11.5.